The van der Waals surface area contributed by atoms with E-state index in [0.29, 0.717) is 6.42 Å². The van der Waals surface area contributed by atoms with Crippen LogP contribution < -0.4 is 0 Å². The summed E-state index contributed by atoms with van der Waals surface area (Å²) in [4.78, 5) is 24.0. The fourth-order valence-corrected chi connectivity index (χ4v) is 3.36. The number of esters is 1. The van der Waals surface area contributed by atoms with E-state index < -0.39 is 18.4 Å². The van der Waals surface area contributed by atoms with Crippen molar-refractivity contribution in [1.82, 2.24) is 0 Å². The van der Waals surface area contributed by atoms with Gasteiger partial charge in [0.1, 0.15) is 0 Å². The van der Waals surface area contributed by atoms with Crippen LogP contribution in [0.3, 0.4) is 0 Å². The van der Waals surface area contributed by atoms with E-state index in [0.717, 1.165) is 30.4 Å². The average Bonchev–Trinajstić information content (AvgIpc) is 2.60. The third kappa shape index (κ3) is 7.92. The second kappa shape index (κ2) is 11.1. The topological polar surface area (TPSA) is 93.1 Å². The van der Waals surface area contributed by atoms with Gasteiger partial charge in [0.25, 0.3) is 0 Å². The summed E-state index contributed by atoms with van der Waals surface area (Å²) in [5.41, 5.74) is 1.68. The Morgan fingerprint density at radius 3 is 2.64 bits per heavy atom. The lowest BCUT2D eigenvalue weighted by molar-refractivity contribution is -0.169. The molecule has 6 heteroatoms. The van der Waals surface area contributed by atoms with Crippen LogP contribution in [0.15, 0.2) is 47.6 Å². The summed E-state index contributed by atoms with van der Waals surface area (Å²) in [6.45, 7) is 3.66. The van der Waals surface area contributed by atoms with Gasteiger partial charge < -0.3 is 19.7 Å². The Bertz CT molecular complexity index is 671. The van der Waals surface area contributed by atoms with Gasteiger partial charge >= 0.3 is 5.97 Å². The molecule has 154 valence electrons. The number of aliphatic hydroxyl groups is 2. The number of rotatable bonds is 1. The van der Waals surface area contributed by atoms with Crippen LogP contribution in [0.25, 0.3) is 0 Å². The summed E-state index contributed by atoms with van der Waals surface area (Å²) >= 11 is 0. The molecule has 0 unspecified atom stereocenters. The van der Waals surface area contributed by atoms with E-state index in [9.17, 15) is 19.8 Å². The van der Waals surface area contributed by atoms with Crippen LogP contribution in [-0.4, -0.2) is 46.6 Å². The van der Waals surface area contributed by atoms with E-state index in [1.165, 1.54) is 12.2 Å². The fourth-order valence-electron chi connectivity index (χ4n) is 3.36. The molecule has 0 radical (unpaired) electrons. The number of cyclic esters (lactones) is 1. The zero-order chi connectivity index (χ0) is 20.5. The van der Waals surface area contributed by atoms with Crippen LogP contribution in [0.4, 0.5) is 0 Å². The normalized spacial score (nSPS) is 34.2. The van der Waals surface area contributed by atoms with Crippen molar-refractivity contribution in [2.24, 2.45) is 0 Å². The van der Waals surface area contributed by atoms with Crippen LogP contribution in [-0.2, 0) is 19.1 Å². The Balaban J connectivity index is 2.20. The maximum Gasteiger partial charge on any atom is 0.331 e. The molecule has 0 spiro atoms. The smallest absolute Gasteiger partial charge is 0.331 e. The highest BCUT2D eigenvalue weighted by Gasteiger charge is 2.23. The van der Waals surface area contributed by atoms with Gasteiger partial charge in [-0.15, -0.1) is 0 Å². The fraction of sp³-hybridized carbons (Fsp3) is 0.545. The van der Waals surface area contributed by atoms with Crippen LogP contribution in [0.2, 0.25) is 0 Å². The summed E-state index contributed by atoms with van der Waals surface area (Å²) in [6.07, 6.45) is 11.0. The van der Waals surface area contributed by atoms with Crippen LogP contribution in [0.5, 0.6) is 0 Å². The molecular formula is C22H30O6. The molecule has 28 heavy (non-hydrogen) atoms. The van der Waals surface area contributed by atoms with E-state index in [-0.39, 0.29) is 30.8 Å². The number of ether oxygens (including phenoxy) is 2. The first kappa shape index (κ1) is 22.3. The number of allylic oxidation sites excluding steroid dienone is 4. The van der Waals surface area contributed by atoms with Crippen LogP contribution >= 0.6 is 0 Å². The Morgan fingerprint density at radius 1 is 1.11 bits per heavy atom. The summed E-state index contributed by atoms with van der Waals surface area (Å²) in [5.74, 6) is -0.673. The number of aliphatic hydroxyl groups excluding tert-OH is 1. The van der Waals surface area contributed by atoms with E-state index in [1.54, 1.807) is 12.2 Å². The first-order valence-corrected chi connectivity index (χ1v) is 9.76. The molecule has 0 saturated carbocycles. The molecule has 0 aliphatic carbocycles. The van der Waals surface area contributed by atoms with Gasteiger partial charge in [-0.05, 0) is 45.6 Å². The van der Waals surface area contributed by atoms with Crippen molar-refractivity contribution in [3.8, 4) is 0 Å². The van der Waals surface area contributed by atoms with Crippen molar-refractivity contribution in [2.75, 3.05) is 0 Å². The summed E-state index contributed by atoms with van der Waals surface area (Å²) in [5, 5.41) is 19.1. The lowest BCUT2D eigenvalue weighted by Gasteiger charge is -2.28. The number of carbonyl (C=O) groups is 2. The Morgan fingerprint density at radius 2 is 1.89 bits per heavy atom. The third-order valence-corrected chi connectivity index (χ3v) is 4.74. The molecule has 0 aromatic rings. The minimum absolute atomic E-state index is 0.00240. The minimum atomic E-state index is -1.77. The largest absolute Gasteiger partial charge is 0.453 e. The highest BCUT2D eigenvalue weighted by atomic mass is 16.6. The van der Waals surface area contributed by atoms with Crippen molar-refractivity contribution >= 4 is 11.8 Å². The monoisotopic (exact) mass is 390 g/mol. The second-order valence-corrected chi connectivity index (χ2v) is 7.49. The maximum atomic E-state index is 12.0. The Hall–Kier alpha value is -2.02. The SMILES string of the molecule is C/C1=C\C=C\C(=O)O[C@H](C(O)O)C/C(C)=C/[C@H]2CCC[C@@H](C/C=C/C(=O)C1)O2. The van der Waals surface area contributed by atoms with Gasteiger partial charge in [0.05, 0.1) is 12.2 Å². The summed E-state index contributed by atoms with van der Waals surface area (Å²) < 4.78 is 11.3. The average molecular weight is 390 g/mol. The number of ketones is 1. The first-order valence-electron chi connectivity index (χ1n) is 9.76. The molecule has 2 bridgehead atoms. The molecule has 2 aliphatic heterocycles. The highest BCUT2D eigenvalue weighted by Crippen LogP contribution is 2.24. The minimum Gasteiger partial charge on any atom is -0.453 e. The van der Waals surface area contributed by atoms with Crippen LogP contribution in [0.1, 0.15) is 52.4 Å². The van der Waals surface area contributed by atoms with E-state index in [2.05, 4.69) is 0 Å². The second-order valence-electron chi connectivity index (χ2n) is 7.49. The molecule has 6 nitrogen and oxygen atoms in total. The molecule has 1 saturated heterocycles. The quantitative estimate of drug-likeness (QED) is 0.406. The summed E-state index contributed by atoms with van der Waals surface area (Å²) in [7, 11) is 0. The van der Waals surface area contributed by atoms with Gasteiger partial charge in [-0.2, -0.15) is 0 Å². The molecule has 3 atom stereocenters. The molecule has 2 N–H and O–H groups in total. The zero-order valence-corrected chi connectivity index (χ0v) is 16.5. The van der Waals surface area contributed by atoms with Gasteiger partial charge in [-0.3, -0.25) is 4.79 Å². The zero-order valence-electron chi connectivity index (χ0n) is 16.5. The number of fused-ring (bicyclic) bond motifs is 2. The molecule has 0 aromatic heterocycles. The predicted octanol–water partition coefficient (Wildman–Crippen LogP) is 2.90. The molecule has 2 aliphatic rings. The van der Waals surface area contributed by atoms with Crippen molar-refractivity contribution in [3.05, 3.63) is 47.6 Å². The molecule has 2 rings (SSSR count). The molecule has 0 aromatic carbocycles. The number of hydrogen-bond acceptors (Lipinski definition) is 6. The van der Waals surface area contributed by atoms with Crippen molar-refractivity contribution in [2.45, 2.75) is 77.0 Å². The van der Waals surface area contributed by atoms with E-state index in [1.807, 2.05) is 26.0 Å². The summed E-state index contributed by atoms with van der Waals surface area (Å²) in [6, 6.07) is 0. The molecular weight excluding hydrogens is 360 g/mol. The Labute approximate surface area is 166 Å². The van der Waals surface area contributed by atoms with E-state index in [4.69, 9.17) is 9.47 Å². The van der Waals surface area contributed by atoms with Crippen molar-refractivity contribution in [1.29, 1.82) is 0 Å². The van der Waals surface area contributed by atoms with Crippen molar-refractivity contribution in [3.63, 3.8) is 0 Å². The van der Waals surface area contributed by atoms with Gasteiger partial charge in [0.2, 0.25) is 0 Å². The first-order chi connectivity index (χ1) is 13.3. The number of hydrogen-bond donors (Lipinski definition) is 2. The van der Waals surface area contributed by atoms with Gasteiger partial charge in [0.15, 0.2) is 18.2 Å². The highest BCUT2D eigenvalue weighted by molar-refractivity contribution is 5.91. The third-order valence-electron chi connectivity index (χ3n) is 4.74. The molecule has 0 amide bonds. The van der Waals surface area contributed by atoms with Gasteiger partial charge in [-0.25, -0.2) is 4.79 Å². The van der Waals surface area contributed by atoms with E-state index >= 15 is 0 Å². The number of carbonyl (C=O) groups excluding carboxylic acids is 2. The Kier molecular flexibility index (Phi) is 8.83. The van der Waals surface area contributed by atoms with Gasteiger partial charge in [-0.1, -0.05) is 35.5 Å². The van der Waals surface area contributed by atoms with Crippen LogP contribution in [0, 0.1) is 0 Å². The standard InChI is InChI=1S/C22H30O6/c1-15-6-3-11-21(24)28-20(22(25)26)14-16(2)13-19-10-5-9-18(27-19)8-4-7-17(23)12-15/h3-4,6-7,11,13,18-20,22,25-26H,5,8-10,12,14H2,1-2H3/b7-4+,11-3+,15-6+,16-13+/t18-,19-,20+/m1/s1. The molecule has 1 fully saturated rings. The maximum absolute atomic E-state index is 12.0. The lowest BCUT2D eigenvalue weighted by Crippen LogP contribution is -2.31. The van der Waals surface area contributed by atoms with Gasteiger partial charge in [0, 0.05) is 18.9 Å². The predicted molar refractivity (Wildman–Crippen MR) is 105 cm³/mol. The molecule has 2 heterocycles. The lowest BCUT2D eigenvalue weighted by atomic mass is 9.98. The van der Waals surface area contributed by atoms with Crippen molar-refractivity contribution < 1.29 is 29.3 Å².